The van der Waals surface area contributed by atoms with Crippen LogP contribution in [0.5, 0.6) is 0 Å². The smallest absolute Gasteiger partial charge is 0.281 e. The maximum Gasteiger partial charge on any atom is 0.281 e. The van der Waals surface area contributed by atoms with Gasteiger partial charge in [-0.25, -0.2) is 0 Å². The monoisotopic (exact) mass is 339 g/mol. The van der Waals surface area contributed by atoms with E-state index in [9.17, 15) is 13.2 Å². The minimum absolute atomic E-state index is 0.0206. The zero-order valence-electron chi connectivity index (χ0n) is 13.9. The molecule has 1 fully saturated rings. The van der Waals surface area contributed by atoms with Gasteiger partial charge in [-0.05, 0) is 30.9 Å². The third-order valence-electron chi connectivity index (χ3n) is 4.27. The van der Waals surface area contributed by atoms with Gasteiger partial charge in [-0.1, -0.05) is 25.1 Å². The van der Waals surface area contributed by atoms with Gasteiger partial charge in [-0.3, -0.25) is 4.79 Å². The number of nitrogens with zero attached hydrogens (tertiary/aromatic N) is 2. The number of benzene rings is 1. The summed E-state index contributed by atoms with van der Waals surface area (Å²) in [4.78, 5) is 12.4. The Morgan fingerprint density at radius 2 is 1.87 bits per heavy atom. The highest BCUT2D eigenvalue weighted by molar-refractivity contribution is 7.86. The van der Waals surface area contributed by atoms with Crippen LogP contribution in [-0.2, 0) is 21.4 Å². The van der Waals surface area contributed by atoms with Crippen LogP contribution in [0, 0.1) is 5.92 Å². The minimum atomic E-state index is -3.38. The van der Waals surface area contributed by atoms with Gasteiger partial charge in [0.1, 0.15) is 0 Å². The van der Waals surface area contributed by atoms with E-state index in [2.05, 4.69) is 12.2 Å². The molecule has 1 saturated heterocycles. The quantitative estimate of drug-likeness (QED) is 0.888. The number of amides is 1. The summed E-state index contributed by atoms with van der Waals surface area (Å²) in [6.07, 6.45) is 1.95. The first-order valence-corrected chi connectivity index (χ1v) is 9.32. The maximum atomic E-state index is 12.4. The summed E-state index contributed by atoms with van der Waals surface area (Å²) in [7, 11) is -0.336. The SMILES string of the molecule is CCc1ccccc1NC(=O)C1CCN(S(=O)(=O)N(C)C)CC1. The highest BCUT2D eigenvalue weighted by Crippen LogP contribution is 2.23. The topological polar surface area (TPSA) is 69.7 Å². The van der Waals surface area contributed by atoms with Gasteiger partial charge in [0.15, 0.2) is 0 Å². The molecule has 0 atom stereocenters. The van der Waals surface area contributed by atoms with Crippen molar-refractivity contribution in [3.8, 4) is 0 Å². The molecule has 23 heavy (non-hydrogen) atoms. The second-order valence-electron chi connectivity index (χ2n) is 5.96. The number of aryl methyl sites for hydroxylation is 1. The molecule has 6 nitrogen and oxygen atoms in total. The number of rotatable bonds is 5. The third kappa shape index (κ3) is 4.10. The molecule has 1 amide bonds. The van der Waals surface area contributed by atoms with Crippen molar-refractivity contribution < 1.29 is 13.2 Å². The van der Waals surface area contributed by atoms with Crippen molar-refractivity contribution in [3.63, 3.8) is 0 Å². The van der Waals surface area contributed by atoms with E-state index in [-0.39, 0.29) is 11.8 Å². The second kappa shape index (κ2) is 7.42. The van der Waals surface area contributed by atoms with Crippen molar-refractivity contribution in [2.24, 2.45) is 5.92 Å². The molecule has 128 valence electrons. The van der Waals surface area contributed by atoms with E-state index in [4.69, 9.17) is 0 Å². The molecule has 0 bridgehead atoms. The van der Waals surface area contributed by atoms with E-state index in [1.807, 2.05) is 24.3 Å². The Balaban J connectivity index is 1.96. The Morgan fingerprint density at radius 3 is 2.43 bits per heavy atom. The Morgan fingerprint density at radius 1 is 1.26 bits per heavy atom. The first-order valence-electron chi connectivity index (χ1n) is 7.92. The van der Waals surface area contributed by atoms with Gasteiger partial charge in [0.2, 0.25) is 5.91 Å². The van der Waals surface area contributed by atoms with Crippen LogP contribution in [0.3, 0.4) is 0 Å². The predicted octanol–water partition coefficient (Wildman–Crippen LogP) is 1.71. The zero-order valence-corrected chi connectivity index (χ0v) is 14.8. The van der Waals surface area contributed by atoms with E-state index in [0.717, 1.165) is 17.7 Å². The van der Waals surface area contributed by atoms with Crippen LogP contribution < -0.4 is 5.32 Å². The van der Waals surface area contributed by atoms with Gasteiger partial charge in [0.05, 0.1) is 0 Å². The number of carbonyl (C=O) groups is 1. The molecule has 0 radical (unpaired) electrons. The summed E-state index contributed by atoms with van der Waals surface area (Å²) in [6.45, 7) is 2.82. The molecule has 0 aromatic heterocycles. The van der Waals surface area contributed by atoms with Gasteiger partial charge < -0.3 is 5.32 Å². The van der Waals surface area contributed by atoms with Crippen molar-refractivity contribution >= 4 is 21.8 Å². The normalized spacial score (nSPS) is 17.4. The summed E-state index contributed by atoms with van der Waals surface area (Å²) in [5.41, 5.74) is 1.96. The number of piperidine rings is 1. The van der Waals surface area contributed by atoms with Gasteiger partial charge in [-0.2, -0.15) is 17.0 Å². The molecule has 0 aliphatic carbocycles. The number of carbonyl (C=O) groups excluding carboxylic acids is 1. The zero-order chi connectivity index (χ0) is 17.0. The Kier molecular flexibility index (Phi) is 5.78. The van der Waals surface area contributed by atoms with Gasteiger partial charge in [0.25, 0.3) is 10.2 Å². The van der Waals surface area contributed by atoms with Gasteiger partial charge >= 0.3 is 0 Å². The number of hydrogen-bond donors (Lipinski definition) is 1. The van der Waals surface area contributed by atoms with Crippen molar-refractivity contribution in [3.05, 3.63) is 29.8 Å². The van der Waals surface area contributed by atoms with Crippen LogP contribution in [0.2, 0.25) is 0 Å². The fourth-order valence-electron chi connectivity index (χ4n) is 2.76. The van der Waals surface area contributed by atoms with Crippen LogP contribution in [-0.4, -0.2) is 50.1 Å². The first kappa shape index (κ1) is 17.9. The fourth-order valence-corrected chi connectivity index (χ4v) is 3.90. The largest absolute Gasteiger partial charge is 0.326 e. The molecule has 1 aromatic carbocycles. The van der Waals surface area contributed by atoms with Crippen molar-refractivity contribution in [1.82, 2.24) is 8.61 Å². The number of nitrogens with one attached hydrogen (secondary N) is 1. The summed E-state index contributed by atoms with van der Waals surface area (Å²) in [6, 6.07) is 7.77. The average Bonchev–Trinajstić information content (AvgIpc) is 2.55. The van der Waals surface area contributed by atoms with E-state index in [0.29, 0.717) is 25.9 Å². The van der Waals surface area contributed by atoms with Crippen LogP contribution >= 0.6 is 0 Å². The lowest BCUT2D eigenvalue weighted by Gasteiger charge is -2.32. The van der Waals surface area contributed by atoms with Gasteiger partial charge in [0, 0.05) is 38.8 Å². The fraction of sp³-hybridized carbons (Fsp3) is 0.562. The number of anilines is 1. The molecule has 1 aliphatic rings. The van der Waals surface area contributed by atoms with E-state index in [1.54, 1.807) is 0 Å². The van der Waals surface area contributed by atoms with Gasteiger partial charge in [-0.15, -0.1) is 0 Å². The molecule has 1 heterocycles. The second-order valence-corrected chi connectivity index (χ2v) is 8.11. The van der Waals surface area contributed by atoms with Crippen molar-refractivity contribution in [2.75, 3.05) is 32.5 Å². The standard InChI is InChI=1S/C16H25N3O3S/c1-4-13-7-5-6-8-15(13)17-16(20)14-9-11-19(12-10-14)23(21,22)18(2)3/h5-8,14H,4,9-12H2,1-3H3,(H,17,20). The summed E-state index contributed by atoms with van der Waals surface area (Å²) >= 11 is 0. The Labute approximate surface area is 138 Å². The van der Waals surface area contributed by atoms with E-state index < -0.39 is 10.2 Å². The molecule has 0 unspecified atom stereocenters. The Hall–Kier alpha value is -1.44. The van der Waals surface area contributed by atoms with Crippen LogP contribution in [0.15, 0.2) is 24.3 Å². The lowest BCUT2D eigenvalue weighted by Crippen LogP contribution is -2.46. The molecule has 2 rings (SSSR count). The molecule has 1 N–H and O–H groups in total. The highest BCUT2D eigenvalue weighted by Gasteiger charge is 2.32. The average molecular weight is 339 g/mol. The number of para-hydroxylation sites is 1. The summed E-state index contributed by atoms with van der Waals surface area (Å²) in [5.74, 6) is -0.165. The Bertz CT molecular complexity index is 650. The lowest BCUT2D eigenvalue weighted by atomic mass is 9.97. The third-order valence-corrected chi connectivity index (χ3v) is 6.21. The summed E-state index contributed by atoms with van der Waals surface area (Å²) in [5, 5.41) is 2.99. The van der Waals surface area contributed by atoms with E-state index in [1.165, 1.54) is 22.7 Å². The maximum absolute atomic E-state index is 12.4. The lowest BCUT2D eigenvalue weighted by molar-refractivity contribution is -0.120. The highest BCUT2D eigenvalue weighted by atomic mass is 32.2. The first-order chi connectivity index (χ1) is 10.9. The predicted molar refractivity (Wildman–Crippen MR) is 91.4 cm³/mol. The molecule has 1 aromatic rings. The van der Waals surface area contributed by atoms with Crippen molar-refractivity contribution in [2.45, 2.75) is 26.2 Å². The minimum Gasteiger partial charge on any atom is -0.326 e. The van der Waals surface area contributed by atoms with Crippen LogP contribution in [0.25, 0.3) is 0 Å². The molecular formula is C16H25N3O3S. The van der Waals surface area contributed by atoms with Crippen LogP contribution in [0.4, 0.5) is 5.69 Å². The molecule has 0 saturated carbocycles. The molecule has 7 heteroatoms. The van der Waals surface area contributed by atoms with E-state index >= 15 is 0 Å². The summed E-state index contributed by atoms with van der Waals surface area (Å²) < 4.78 is 26.8. The molecule has 0 spiro atoms. The van der Waals surface area contributed by atoms with Crippen molar-refractivity contribution in [1.29, 1.82) is 0 Å². The molecule has 1 aliphatic heterocycles. The number of hydrogen-bond acceptors (Lipinski definition) is 3. The van der Waals surface area contributed by atoms with Crippen LogP contribution in [0.1, 0.15) is 25.3 Å². The molecular weight excluding hydrogens is 314 g/mol.